The summed E-state index contributed by atoms with van der Waals surface area (Å²) >= 11 is 7.03. The largest absolute Gasteiger partial charge is 0.272 e. The number of amides is 1. The lowest BCUT2D eigenvalue weighted by molar-refractivity contribution is -0.118. The van der Waals surface area contributed by atoms with Gasteiger partial charge in [-0.25, -0.2) is 14.8 Å². The van der Waals surface area contributed by atoms with Crippen LogP contribution in [0.2, 0.25) is 5.02 Å². The first-order valence-electron chi connectivity index (χ1n) is 9.50. The van der Waals surface area contributed by atoms with Crippen molar-refractivity contribution < 1.29 is 9.18 Å². The zero-order valence-electron chi connectivity index (χ0n) is 16.5. The molecule has 9 heteroatoms. The van der Waals surface area contributed by atoms with Crippen molar-refractivity contribution in [1.82, 2.24) is 15.0 Å². The Bertz CT molecular complexity index is 1360. The molecular formula is C23H16ClFN4O2S. The number of rotatable bonds is 6. The summed E-state index contributed by atoms with van der Waals surface area (Å²) in [5, 5.41) is 4.81. The maximum atomic E-state index is 13.8. The maximum Gasteiger partial charge on any atom is 0.266 e. The van der Waals surface area contributed by atoms with Crippen molar-refractivity contribution >= 4 is 46.4 Å². The van der Waals surface area contributed by atoms with Crippen molar-refractivity contribution in [2.24, 2.45) is 5.10 Å². The van der Waals surface area contributed by atoms with Gasteiger partial charge in [0.15, 0.2) is 5.16 Å². The summed E-state index contributed by atoms with van der Waals surface area (Å²) in [7, 11) is 0. The Labute approximate surface area is 191 Å². The molecule has 3 aromatic carbocycles. The number of nitrogens with one attached hydrogen (secondary N) is 1. The lowest BCUT2D eigenvalue weighted by atomic mass is 10.2. The van der Waals surface area contributed by atoms with Crippen molar-refractivity contribution in [3.8, 4) is 5.69 Å². The fraction of sp³-hybridized carbons (Fsp3) is 0.0435. The van der Waals surface area contributed by atoms with Crippen molar-refractivity contribution in [3.05, 3.63) is 99.6 Å². The second kappa shape index (κ2) is 9.76. The van der Waals surface area contributed by atoms with Crippen LogP contribution in [0.25, 0.3) is 16.6 Å². The molecule has 0 radical (unpaired) electrons. The molecule has 4 aromatic rings. The second-order valence-corrected chi connectivity index (χ2v) is 7.95. The Balaban J connectivity index is 1.56. The van der Waals surface area contributed by atoms with E-state index < -0.39 is 11.7 Å². The third kappa shape index (κ3) is 4.71. The minimum atomic E-state index is -0.544. The molecule has 1 heterocycles. The normalized spacial score (nSPS) is 11.2. The first-order chi connectivity index (χ1) is 15.5. The summed E-state index contributed by atoms with van der Waals surface area (Å²) in [6, 6.07) is 20.4. The Morgan fingerprint density at radius 2 is 1.84 bits per heavy atom. The van der Waals surface area contributed by atoms with E-state index in [9.17, 15) is 14.0 Å². The fourth-order valence-corrected chi connectivity index (χ4v) is 4.00. The molecule has 1 N–H and O–H groups in total. The molecule has 0 aliphatic rings. The topological polar surface area (TPSA) is 76.3 Å². The zero-order chi connectivity index (χ0) is 22.5. The number of nitrogens with zero attached hydrogens (tertiary/aromatic N) is 3. The van der Waals surface area contributed by atoms with Crippen LogP contribution >= 0.6 is 23.4 Å². The van der Waals surface area contributed by atoms with Gasteiger partial charge in [0.25, 0.3) is 11.5 Å². The van der Waals surface area contributed by atoms with Crippen LogP contribution in [0.4, 0.5) is 4.39 Å². The molecule has 0 unspecified atom stereocenters. The van der Waals surface area contributed by atoms with E-state index in [0.29, 0.717) is 21.7 Å². The molecule has 0 saturated carbocycles. The SMILES string of the molecule is O=C(CSc1nc2ccccc2c(=O)n1-c1ccccc1)N/N=C\c1c(F)cccc1Cl. The molecule has 0 fully saturated rings. The van der Waals surface area contributed by atoms with E-state index >= 15 is 0 Å². The van der Waals surface area contributed by atoms with Crippen LogP contribution in [0, 0.1) is 5.82 Å². The Morgan fingerprint density at radius 1 is 1.09 bits per heavy atom. The second-order valence-electron chi connectivity index (χ2n) is 6.60. The van der Waals surface area contributed by atoms with Crippen molar-refractivity contribution in [2.45, 2.75) is 5.16 Å². The molecule has 0 bridgehead atoms. The molecule has 6 nitrogen and oxygen atoms in total. The minimum absolute atomic E-state index is 0.0556. The van der Waals surface area contributed by atoms with Gasteiger partial charge in [-0.1, -0.05) is 59.8 Å². The van der Waals surface area contributed by atoms with E-state index in [4.69, 9.17) is 11.6 Å². The highest BCUT2D eigenvalue weighted by Gasteiger charge is 2.14. The average molecular weight is 467 g/mol. The quantitative estimate of drug-likeness (QED) is 0.197. The first-order valence-corrected chi connectivity index (χ1v) is 10.9. The van der Waals surface area contributed by atoms with Gasteiger partial charge in [0.1, 0.15) is 5.82 Å². The van der Waals surface area contributed by atoms with E-state index in [2.05, 4.69) is 15.5 Å². The average Bonchev–Trinajstić information content (AvgIpc) is 2.80. The summed E-state index contributed by atoms with van der Waals surface area (Å²) in [4.78, 5) is 30.0. The Morgan fingerprint density at radius 3 is 2.62 bits per heavy atom. The van der Waals surface area contributed by atoms with Crippen molar-refractivity contribution in [1.29, 1.82) is 0 Å². The van der Waals surface area contributed by atoms with Crippen LogP contribution in [0.5, 0.6) is 0 Å². The molecule has 0 aliphatic carbocycles. The number of halogens is 2. The van der Waals surface area contributed by atoms with E-state index in [0.717, 1.165) is 18.0 Å². The van der Waals surface area contributed by atoms with E-state index in [-0.39, 0.29) is 21.9 Å². The number of carbonyl (C=O) groups excluding carboxylic acids is 1. The van der Waals surface area contributed by atoms with E-state index in [1.165, 1.54) is 22.8 Å². The Hall–Kier alpha value is -3.49. The Kier molecular flexibility index (Phi) is 6.63. The molecule has 160 valence electrons. The number of fused-ring (bicyclic) bond motifs is 1. The first kappa shape index (κ1) is 21.7. The van der Waals surface area contributed by atoms with Gasteiger partial charge in [0, 0.05) is 5.56 Å². The molecule has 4 rings (SSSR count). The van der Waals surface area contributed by atoms with Crippen LogP contribution in [0.15, 0.2) is 87.8 Å². The fourth-order valence-electron chi connectivity index (χ4n) is 2.98. The van der Waals surface area contributed by atoms with Gasteiger partial charge in [-0.3, -0.25) is 14.2 Å². The third-order valence-electron chi connectivity index (χ3n) is 4.47. The van der Waals surface area contributed by atoms with Gasteiger partial charge >= 0.3 is 0 Å². The summed E-state index contributed by atoms with van der Waals surface area (Å²) < 4.78 is 15.3. The maximum absolute atomic E-state index is 13.8. The highest BCUT2D eigenvalue weighted by Crippen LogP contribution is 2.21. The summed E-state index contributed by atoms with van der Waals surface area (Å²) in [5.41, 5.74) is 3.38. The molecular weight excluding hydrogens is 451 g/mol. The van der Waals surface area contributed by atoms with E-state index in [1.807, 2.05) is 18.2 Å². The van der Waals surface area contributed by atoms with Gasteiger partial charge in [0.2, 0.25) is 0 Å². The minimum Gasteiger partial charge on any atom is -0.272 e. The highest BCUT2D eigenvalue weighted by molar-refractivity contribution is 7.99. The highest BCUT2D eigenvalue weighted by atomic mass is 35.5. The lowest BCUT2D eigenvalue weighted by Crippen LogP contribution is -2.24. The zero-order valence-corrected chi connectivity index (χ0v) is 18.1. The predicted octanol–water partition coefficient (Wildman–Crippen LogP) is 4.42. The van der Waals surface area contributed by atoms with Crippen LogP contribution in [-0.2, 0) is 4.79 Å². The van der Waals surface area contributed by atoms with Crippen LogP contribution in [-0.4, -0.2) is 27.4 Å². The van der Waals surface area contributed by atoms with E-state index in [1.54, 1.807) is 36.4 Å². The molecule has 1 amide bonds. The molecule has 0 saturated heterocycles. The van der Waals surface area contributed by atoms with Gasteiger partial charge < -0.3 is 0 Å². The standard InChI is InChI=1S/C23H16ClFN4O2S/c24-18-10-6-11-19(25)17(18)13-26-28-21(30)14-32-23-27-20-12-5-4-9-16(20)22(31)29(23)15-7-2-1-3-8-15/h1-13H,14H2,(H,28,30)/b26-13-. The van der Waals surface area contributed by atoms with Gasteiger partial charge in [0.05, 0.1) is 33.6 Å². The van der Waals surface area contributed by atoms with Crippen molar-refractivity contribution in [3.63, 3.8) is 0 Å². The van der Waals surface area contributed by atoms with Gasteiger partial charge in [-0.2, -0.15) is 5.10 Å². The summed E-state index contributed by atoms with van der Waals surface area (Å²) in [6.07, 6.45) is 1.15. The number of hydrogen-bond acceptors (Lipinski definition) is 5. The number of hydrazone groups is 1. The van der Waals surface area contributed by atoms with Crippen LogP contribution in [0.3, 0.4) is 0 Å². The number of thioether (sulfide) groups is 1. The number of carbonyl (C=O) groups is 1. The molecule has 0 spiro atoms. The van der Waals surface area contributed by atoms with Gasteiger partial charge in [-0.15, -0.1) is 0 Å². The molecule has 32 heavy (non-hydrogen) atoms. The molecule has 1 aromatic heterocycles. The van der Waals surface area contributed by atoms with Crippen LogP contribution < -0.4 is 11.0 Å². The summed E-state index contributed by atoms with van der Waals surface area (Å²) in [5.74, 6) is -1.04. The molecule has 0 atom stereocenters. The van der Waals surface area contributed by atoms with Crippen molar-refractivity contribution in [2.75, 3.05) is 5.75 Å². The van der Waals surface area contributed by atoms with Crippen LogP contribution in [0.1, 0.15) is 5.56 Å². The smallest absolute Gasteiger partial charge is 0.266 e. The predicted molar refractivity (Wildman–Crippen MR) is 125 cm³/mol. The number of aromatic nitrogens is 2. The number of para-hydroxylation sites is 2. The molecule has 0 aliphatic heterocycles. The van der Waals surface area contributed by atoms with Gasteiger partial charge in [-0.05, 0) is 36.4 Å². The number of benzene rings is 3. The number of hydrogen-bond donors (Lipinski definition) is 1. The monoisotopic (exact) mass is 466 g/mol. The summed E-state index contributed by atoms with van der Waals surface area (Å²) in [6.45, 7) is 0. The lowest BCUT2D eigenvalue weighted by Gasteiger charge is -2.12. The third-order valence-corrected chi connectivity index (χ3v) is 5.74.